The number of rotatable bonds is 6. The van der Waals surface area contributed by atoms with Crippen LogP contribution in [-0.2, 0) is 9.84 Å². The van der Waals surface area contributed by atoms with Gasteiger partial charge in [-0.15, -0.1) is 0 Å². The minimum Gasteiger partial charge on any atom is -0.317 e. The molecule has 3 unspecified atom stereocenters. The van der Waals surface area contributed by atoms with Gasteiger partial charge in [0.05, 0.1) is 11.5 Å². The zero-order valence-electron chi connectivity index (χ0n) is 10.7. The van der Waals surface area contributed by atoms with Gasteiger partial charge < -0.3 is 5.32 Å². The maximum absolute atomic E-state index is 11.4. The molecule has 0 aromatic rings. The zero-order chi connectivity index (χ0) is 12.2. The average molecular weight is 247 g/mol. The Labute approximate surface area is 99.9 Å². The van der Waals surface area contributed by atoms with Gasteiger partial charge in [0.2, 0.25) is 0 Å². The monoisotopic (exact) mass is 247 g/mol. The van der Waals surface area contributed by atoms with Gasteiger partial charge in [-0.3, -0.25) is 0 Å². The molecular weight excluding hydrogens is 222 g/mol. The average Bonchev–Trinajstić information content (AvgIpc) is 2.55. The maximum Gasteiger partial charge on any atom is 0.150 e. The molecule has 0 spiro atoms. The smallest absolute Gasteiger partial charge is 0.150 e. The van der Waals surface area contributed by atoms with Crippen LogP contribution in [0.3, 0.4) is 0 Å². The second kappa shape index (κ2) is 6.01. The third-order valence-electron chi connectivity index (χ3n) is 3.65. The molecule has 1 saturated heterocycles. The van der Waals surface area contributed by atoms with Gasteiger partial charge in [0.15, 0.2) is 9.84 Å². The lowest BCUT2D eigenvalue weighted by Crippen LogP contribution is -2.35. The second-order valence-corrected chi connectivity index (χ2v) is 7.42. The zero-order valence-corrected chi connectivity index (χ0v) is 11.5. The Hall–Kier alpha value is -0.0900. The van der Waals surface area contributed by atoms with Crippen molar-refractivity contribution in [3.8, 4) is 0 Å². The fourth-order valence-corrected chi connectivity index (χ4v) is 4.61. The van der Waals surface area contributed by atoms with Crippen LogP contribution in [0.25, 0.3) is 0 Å². The van der Waals surface area contributed by atoms with Crippen LogP contribution in [0.1, 0.15) is 39.5 Å². The predicted molar refractivity (Wildman–Crippen MR) is 68.3 cm³/mol. The topological polar surface area (TPSA) is 46.2 Å². The molecule has 1 aliphatic heterocycles. The summed E-state index contributed by atoms with van der Waals surface area (Å²) in [5.41, 5.74) is 0. The summed E-state index contributed by atoms with van der Waals surface area (Å²) in [6.07, 6.45) is 4.38. The molecule has 1 rings (SSSR count). The summed E-state index contributed by atoms with van der Waals surface area (Å²) in [5, 5.41) is 3.31. The molecule has 3 atom stereocenters. The van der Waals surface area contributed by atoms with Crippen molar-refractivity contribution in [2.75, 3.05) is 18.6 Å². The Balaban J connectivity index is 2.49. The standard InChI is InChI=1S/C12H25NO2S/c1-4-5-10(2)8-12(13-3)11-6-7-16(14,15)9-11/h10-13H,4-9H2,1-3H3. The van der Waals surface area contributed by atoms with E-state index in [1.54, 1.807) is 0 Å². The van der Waals surface area contributed by atoms with Gasteiger partial charge in [-0.05, 0) is 31.7 Å². The SMILES string of the molecule is CCCC(C)CC(NC)C1CCS(=O)(=O)C1. The van der Waals surface area contributed by atoms with Crippen LogP contribution in [0.4, 0.5) is 0 Å². The molecule has 3 nitrogen and oxygen atoms in total. The van der Waals surface area contributed by atoms with E-state index in [9.17, 15) is 8.42 Å². The first-order chi connectivity index (χ1) is 7.48. The highest BCUT2D eigenvalue weighted by Gasteiger charge is 2.33. The summed E-state index contributed by atoms with van der Waals surface area (Å²) in [4.78, 5) is 0. The van der Waals surface area contributed by atoms with E-state index in [1.165, 1.54) is 12.8 Å². The van der Waals surface area contributed by atoms with Crippen LogP contribution < -0.4 is 5.32 Å². The van der Waals surface area contributed by atoms with Crippen LogP contribution in [0.2, 0.25) is 0 Å². The Kier molecular flexibility index (Phi) is 5.25. The largest absolute Gasteiger partial charge is 0.317 e. The minimum absolute atomic E-state index is 0.328. The Morgan fingerprint density at radius 2 is 2.12 bits per heavy atom. The van der Waals surface area contributed by atoms with Crippen molar-refractivity contribution in [1.82, 2.24) is 5.32 Å². The second-order valence-electron chi connectivity index (χ2n) is 5.19. The lowest BCUT2D eigenvalue weighted by Gasteiger charge is -2.25. The molecule has 1 fully saturated rings. The van der Waals surface area contributed by atoms with Gasteiger partial charge in [0.1, 0.15) is 0 Å². The van der Waals surface area contributed by atoms with E-state index in [1.807, 2.05) is 7.05 Å². The molecular formula is C12H25NO2S. The van der Waals surface area contributed by atoms with Gasteiger partial charge in [-0.1, -0.05) is 26.7 Å². The quantitative estimate of drug-likeness (QED) is 0.779. The van der Waals surface area contributed by atoms with Crippen LogP contribution in [0.5, 0.6) is 0 Å². The Morgan fingerprint density at radius 1 is 1.44 bits per heavy atom. The van der Waals surface area contributed by atoms with Crippen molar-refractivity contribution in [3.63, 3.8) is 0 Å². The van der Waals surface area contributed by atoms with Gasteiger partial charge in [0.25, 0.3) is 0 Å². The molecule has 0 amide bonds. The molecule has 0 aliphatic carbocycles. The van der Waals surface area contributed by atoms with E-state index >= 15 is 0 Å². The van der Waals surface area contributed by atoms with Gasteiger partial charge >= 0.3 is 0 Å². The van der Waals surface area contributed by atoms with E-state index in [2.05, 4.69) is 19.2 Å². The normalized spacial score (nSPS) is 27.8. The number of hydrogen-bond acceptors (Lipinski definition) is 3. The Morgan fingerprint density at radius 3 is 2.56 bits per heavy atom. The van der Waals surface area contributed by atoms with Crippen LogP contribution in [0.15, 0.2) is 0 Å². The fraction of sp³-hybridized carbons (Fsp3) is 1.00. The molecule has 1 heterocycles. The van der Waals surface area contributed by atoms with E-state index < -0.39 is 9.84 Å². The molecule has 0 radical (unpaired) electrons. The third kappa shape index (κ3) is 4.06. The highest BCUT2D eigenvalue weighted by molar-refractivity contribution is 7.91. The summed E-state index contributed by atoms with van der Waals surface area (Å²) in [6, 6.07) is 0.374. The van der Waals surface area contributed by atoms with Crippen LogP contribution in [0, 0.1) is 11.8 Å². The molecule has 0 saturated carbocycles. The molecule has 0 bridgehead atoms. The van der Waals surface area contributed by atoms with E-state index in [0.29, 0.717) is 29.4 Å². The molecule has 4 heteroatoms. The van der Waals surface area contributed by atoms with Gasteiger partial charge in [-0.2, -0.15) is 0 Å². The number of sulfone groups is 1. The van der Waals surface area contributed by atoms with Gasteiger partial charge in [-0.25, -0.2) is 8.42 Å². The first-order valence-corrected chi connectivity index (χ1v) is 8.18. The van der Waals surface area contributed by atoms with E-state index in [4.69, 9.17) is 0 Å². The number of nitrogens with one attached hydrogen (secondary N) is 1. The number of hydrogen-bond donors (Lipinski definition) is 1. The first-order valence-electron chi connectivity index (χ1n) is 6.36. The first kappa shape index (κ1) is 14.0. The molecule has 1 N–H and O–H groups in total. The third-order valence-corrected chi connectivity index (χ3v) is 5.44. The lowest BCUT2D eigenvalue weighted by molar-refractivity contribution is 0.323. The summed E-state index contributed by atoms with van der Waals surface area (Å²) in [7, 11) is -0.786. The summed E-state index contributed by atoms with van der Waals surface area (Å²) in [6.45, 7) is 4.46. The molecule has 1 aliphatic rings. The highest BCUT2D eigenvalue weighted by Crippen LogP contribution is 2.26. The van der Waals surface area contributed by atoms with Crippen LogP contribution >= 0.6 is 0 Å². The summed E-state index contributed by atoms with van der Waals surface area (Å²) < 4.78 is 22.9. The maximum atomic E-state index is 11.4. The summed E-state index contributed by atoms with van der Waals surface area (Å²) >= 11 is 0. The van der Waals surface area contributed by atoms with Crippen molar-refractivity contribution >= 4 is 9.84 Å². The van der Waals surface area contributed by atoms with Crippen molar-refractivity contribution in [2.45, 2.75) is 45.6 Å². The summed E-state index contributed by atoms with van der Waals surface area (Å²) in [5.74, 6) is 1.79. The van der Waals surface area contributed by atoms with E-state index in [-0.39, 0.29) is 0 Å². The molecule has 16 heavy (non-hydrogen) atoms. The fourth-order valence-electron chi connectivity index (χ4n) is 2.73. The van der Waals surface area contributed by atoms with Crippen LogP contribution in [-0.4, -0.2) is 33.0 Å². The van der Waals surface area contributed by atoms with Gasteiger partial charge in [0, 0.05) is 6.04 Å². The molecule has 0 aromatic carbocycles. The van der Waals surface area contributed by atoms with Crippen molar-refractivity contribution in [1.29, 1.82) is 0 Å². The highest BCUT2D eigenvalue weighted by atomic mass is 32.2. The molecule has 96 valence electrons. The van der Waals surface area contributed by atoms with Crippen molar-refractivity contribution in [3.05, 3.63) is 0 Å². The Bertz CT molecular complexity index is 300. The molecule has 0 aromatic heterocycles. The van der Waals surface area contributed by atoms with Crippen molar-refractivity contribution < 1.29 is 8.42 Å². The lowest BCUT2D eigenvalue weighted by atomic mass is 9.89. The van der Waals surface area contributed by atoms with E-state index in [0.717, 1.165) is 12.8 Å². The van der Waals surface area contributed by atoms with Crippen molar-refractivity contribution in [2.24, 2.45) is 11.8 Å². The minimum atomic E-state index is -2.74. The predicted octanol–water partition coefficient (Wildman–Crippen LogP) is 1.84.